The number of aliphatic hydroxyl groups excluding tert-OH is 2. The van der Waals surface area contributed by atoms with Crippen molar-refractivity contribution in [2.24, 2.45) is 5.41 Å². The van der Waals surface area contributed by atoms with E-state index < -0.39 is 6.10 Å². The van der Waals surface area contributed by atoms with E-state index in [1.54, 1.807) is 13.3 Å². The predicted octanol–water partition coefficient (Wildman–Crippen LogP) is 5.25. The van der Waals surface area contributed by atoms with E-state index in [0.29, 0.717) is 22.8 Å². The maximum absolute atomic E-state index is 11.3. The number of aromatic nitrogens is 2. The van der Waals surface area contributed by atoms with Crippen molar-refractivity contribution in [1.82, 2.24) is 15.3 Å². The van der Waals surface area contributed by atoms with Crippen molar-refractivity contribution in [1.29, 1.82) is 0 Å². The van der Waals surface area contributed by atoms with E-state index in [2.05, 4.69) is 27.4 Å². The molecule has 2 aromatic heterocycles. The Labute approximate surface area is 212 Å². The van der Waals surface area contributed by atoms with Gasteiger partial charge in [0.15, 0.2) is 0 Å². The minimum Gasteiger partial charge on any atom is -0.497 e. The van der Waals surface area contributed by atoms with Crippen LogP contribution in [0.5, 0.6) is 5.75 Å². The van der Waals surface area contributed by atoms with Gasteiger partial charge in [-0.05, 0) is 99.3 Å². The lowest BCUT2D eigenvalue weighted by molar-refractivity contribution is -0.0212. The van der Waals surface area contributed by atoms with Gasteiger partial charge in [-0.1, -0.05) is 18.0 Å². The number of ether oxygens (including phenoxy) is 1. The van der Waals surface area contributed by atoms with Gasteiger partial charge in [-0.15, -0.1) is 0 Å². The lowest BCUT2D eigenvalue weighted by Gasteiger charge is -2.42. The molecule has 2 atom stereocenters. The Kier molecular flexibility index (Phi) is 8.95. The first-order valence-electron chi connectivity index (χ1n) is 12.6. The first-order valence-corrected chi connectivity index (χ1v) is 13.0. The van der Waals surface area contributed by atoms with Gasteiger partial charge in [-0.2, -0.15) is 0 Å². The van der Waals surface area contributed by atoms with Crippen molar-refractivity contribution in [2.75, 3.05) is 20.2 Å². The third kappa shape index (κ3) is 6.31. The van der Waals surface area contributed by atoms with E-state index in [1.165, 1.54) is 5.56 Å². The van der Waals surface area contributed by atoms with Crippen molar-refractivity contribution in [3.63, 3.8) is 0 Å². The van der Waals surface area contributed by atoms with Gasteiger partial charge in [0.05, 0.1) is 29.9 Å². The molecule has 35 heavy (non-hydrogen) atoms. The maximum atomic E-state index is 11.3. The van der Waals surface area contributed by atoms with Crippen LogP contribution in [0.2, 0.25) is 5.02 Å². The highest BCUT2D eigenvalue weighted by Gasteiger charge is 2.39. The number of fused-ring (bicyclic) bond motifs is 1. The Bertz CT molecular complexity index is 1090. The second-order valence-electron chi connectivity index (χ2n) is 9.69. The zero-order valence-electron chi connectivity index (χ0n) is 20.4. The van der Waals surface area contributed by atoms with Gasteiger partial charge in [-0.3, -0.25) is 9.97 Å². The molecule has 0 unspecified atom stereocenters. The molecular formula is C28H36ClN3O3. The molecule has 3 aromatic rings. The van der Waals surface area contributed by atoms with Crippen LogP contribution in [-0.4, -0.2) is 46.5 Å². The van der Waals surface area contributed by atoms with E-state index in [4.69, 9.17) is 16.3 Å². The monoisotopic (exact) mass is 497 g/mol. The van der Waals surface area contributed by atoms with E-state index in [9.17, 15) is 10.2 Å². The molecule has 1 aliphatic rings. The van der Waals surface area contributed by atoms with Crippen LogP contribution >= 0.6 is 11.6 Å². The third-order valence-corrected chi connectivity index (χ3v) is 7.87. The molecule has 1 aliphatic heterocycles. The van der Waals surface area contributed by atoms with Crippen molar-refractivity contribution < 1.29 is 14.9 Å². The fourth-order valence-corrected chi connectivity index (χ4v) is 5.68. The number of nitrogens with one attached hydrogen (secondary N) is 1. The Hall–Kier alpha value is -2.25. The van der Waals surface area contributed by atoms with Gasteiger partial charge in [0.2, 0.25) is 0 Å². The van der Waals surface area contributed by atoms with E-state index in [1.807, 2.05) is 30.6 Å². The number of piperidine rings is 1. The third-order valence-electron chi connectivity index (χ3n) is 7.57. The molecule has 0 radical (unpaired) electrons. The van der Waals surface area contributed by atoms with Crippen LogP contribution in [-0.2, 0) is 6.42 Å². The summed E-state index contributed by atoms with van der Waals surface area (Å²) in [5.41, 5.74) is 2.55. The Morgan fingerprint density at radius 3 is 2.60 bits per heavy atom. The molecule has 0 saturated carbocycles. The van der Waals surface area contributed by atoms with Crippen LogP contribution in [0.4, 0.5) is 0 Å². The Morgan fingerprint density at radius 2 is 1.86 bits per heavy atom. The molecule has 3 heterocycles. The lowest BCUT2D eigenvalue weighted by Crippen LogP contribution is -2.44. The maximum Gasteiger partial charge on any atom is 0.119 e. The number of benzene rings is 1. The molecule has 1 fully saturated rings. The van der Waals surface area contributed by atoms with Crippen LogP contribution in [0, 0.1) is 5.41 Å². The zero-order chi connectivity index (χ0) is 24.7. The highest BCUT2D eigenvalue weighted by Crippen LogP contribution is 2.43. The summed E-state index contributed by atoms with van der Waals surface area (Å²) < 4.78 is 5.38. The quantitative estimate of drug-likeness (QED) is 0.314. The second-order valence-corrected chi connectivity index (χ2v) is 10.1. The number of nitrogens with zero attached hydrogens (tertiary/aromatic N) is 2. The van der Waals surface area contributed by atoms with Gasteiger partial charge in [0.25, 0.3) is 0 Å². The van der Waals surface area contributed by atoms with Gasteiger partial charge in [-0.25, -0.2) is 0 Å². The molecule has 3 N–H and O–H groups in total. The summed E-state index contributed by atoms with van der Waals surface area (Å²) >= 11 is 6.52. The van der Waals surface area contributed by atoms with Crippen LogP contribution in [0.1, 0.15) is 62.2 Å². The molecule has 1 saturated heterocycles. The SMILES string of the molecule is COc1ccc2ncc(Cl)c([C@H](O)CCC3([C@@H](O)CCCCc4ccncc4)CCNCC3)c2c1. The van der Waals surface area contributed by atoms with Crippen molar-refractivity contribution in [3.05, 3.63) is 65.1 Å². The molecule has 1 aromatic carbocycles. The Balaban J connectivity index is 1.43. The van der Waals surface area contributed by atoms with Crippen LogP contribution < -0.4 is 10.1 Å². The fourth-order valence-electron chi connectivity index (χ4n) is 5.40. The average molecular weight is 498 g/mol. The normalized spacial score (nSPS) is 17.3. The molecule has 0 aliphatic carbocycles. The standard InChI is InChI=1S/C28H36ClN3O3/c1-35-21-6-7-24-22(18-21)27(23(29)19-32-24)25(33)8-11-28(12-16-31-17-13-28)26(34)5-3-2-4-20-9-14-30-15-10-20/h6-7,9-10,14-15,18-19,25-26,31,33-34H,2-5,8,11-13,16-17H2,1H3/t25-,26+/m1/s1. The lowest BCUT2D eigenvalue weighted by atomic mass is 9.69. The van der Waals surface area contributed by atoms with Crippen molar-refractivity contribution >= 4 is 22.5 Å². The number of hydrogen-bond acceptors (Lipinski definition) is 6. The topological polar surface area (TPSA) is 87.5 Å². The molecule has 0 bridgehead atoms. The van der Waals surface area contributed by atoms with E-state index in [-0.39, 0.29) is 11.5 Å². The summed E-state index contributed by atoms with van der Waals surface area (Å²) in [5.74, 6) is 0.701. The second kappa shape index (κ2) is 12.1. The minimum atomic E-state index is -0.745. The molecular weight excluding hydrogens is 462 g/mol. The van der Waals surface area contributed by atoms with Crippen LogP contribution in [0.25, 0.3) is 10.9 Å². The predicted molar refractivity (Wildman–Crippen MR) is 140 cm³/mol. The zero-order valence-corrected chi connectivity index (χ0v) is 21.2. The van der Waals surface area contributed by atoms with Gasteiger partial charge < -0.3 is 20.3 Å². The number of halogens is 1. The first-order chi connectivity index (χ1) is 17.0. The molecule has 188 valence electrons. The highest BCUT2D eigenvalue weighted by molar-refractivity contribution is 6.32. The molecule has 7 heteroatoms. The smallest absolute Gasteiger partial charge is 0.119 e. The summed E-state index contributed by atoms with van der Waals surface area (Å²) in [6.45, 7) is 1.78. The number of aliphatic hydroxyl groups is 2. The minimum absolute atomic E-state index is 0.199. The molecule has 6 nitrogen and oxygen atoms in total. The number of methoxy groups -OCH3 is 1. The van der Waals surface area contributed by atoms with Crippen LogP contribution in [0.3, 0.4) is 0 Å². The van der Waals surface area contributed by atoms with Crippen molar-refractivity contribution in [3.8, 4) is 5.75 Å². The number of pyridine rings is 2. The summed E-state index contributed by atoms with van der Waals surface area (Å²) in [6, 6.07) is 9.72. The van der Waals surface area contributed by atoms with Gasteiger partial charge >= 0.3 is 0 Å². The van der Waals surface area contributed by atoms with Crippen molar-refractivity contribution in [2.45, 2.75) is 63.6 Å². The highest BCUT2D eigenvalue weighted by atomic mass is 35.5. The number of aryl methyl sites for hydroxylation is 1. The van der Waals surface area contributed by atoms with Gasteiger partial charge in [0, 0.05) is 29.5 Å². The van der Waals surface area contributed by atoms with E-state index >= 15 is 0 Å². The molecule has 4 rings (SSSR count). The summed E-state index contributed by atoms with van der Waals surface area (Å²) in [7, 11) is 1.62. The first kappa shape index (κ1) is 25.8. The fraction of sp³-hybridized carbons (Fsp3) is 0.500. The van der Waals surface area contributed by atoms with Crippen LogP contribution in [0.15, 0.2) is 48.9 Å². The van der Waals surface area contributed by atoms with E-state index in [0.717, 1.165) is 68.9 Å². The number of unbranched alkanes of at least 4 members (excludes halogenated alkanes) is 1. The summed E-state index contributed by atoms with van der Waals surface area (Å²) in [5, 5.41) is 27.3. The molecule has 0 amide bonds. The summed E-state index contributed by atoms with van der Waals surface area (Å²) in [6.07, 6.45) is 11.0. The largest absolute Gasteiger partial charge is 0.497 e. The number of hydrogen-bond donors (Lipinski definition) is 3. The summed E-state index contributed by atoms with van der Waals surface area (Å²) in [4.78, 5) is 8.48. The number of rotatable bonds is 11. The molecule has 0 spiro atoms. The van der Waals surface area contributed by atoms with Gasteiger partial charge in [0.1, 0.15) is 5.75 Å². The Morgan fingerprint density at radius 1 is 1.09 bits per heavy atom. The average Bonchev–Trinajstić information content (AvgIpc) is 2.90.